The Morgan fingerprint density at radius 1 is 1.20 bits per heavy atom. The van der Waals surface area contributed by atoms with Crippen molar-refractivity contribution in [3.63, 3.8) is 0 Å². The Labute approximate surface area is 142 Å². The van der Waals surface area contributed by atoms with Crippen LogP contribution in [0.25, 0.3) is 0 Å². The molecule has 0 aliphatic heterocycles. The van der Waals surface area contributed by atoms with Gasteiger partial charge in [0.1, 0.15) is 5.69 Å². The molecular formula is C17H16F3N3O2. The molecule has 2 rings (SSSR count). The molecule has 0 amide bonds. The lowest BCUT2D eigenvalue weighted by Crippen LogP contribution is -2.08. The second-order valence-electron chi connectivity index (χ2n) is 5.27. The molecule has 25 heavy (non-hydrogen) atoms. The summed E-state index contributed by atoms with van der Waals surface area (Å²) < 4.78 is 38.2. The lowest BCUT2D eigenvalue weighted by Gasteiger charge is -2.10. The SMILES string of the molecule is CCC/C(=N/Nc1ccc(C(F)(F)F)cc1[N+](=O)[O-])c1ccccc1. The molecule has 0 atom stereocenters. The molecule has 132 valence electrons. The van der Waals surface area contributed by atoms with Crippen molar-refractivity contribution in [2.45, 2.75) is 25.9 Å². The first-order valence-electron chi connectivity index (χ1n) is 7.56. The van der Waals surface area contributed by atoms with Gasteiger partial charge in [-0.25, -0.2) is 0 Å². The minimum atomic E-state index is -4.65. The molecule has 0 heterocycles. The highest BCUT2D eigenvalue weighted by molar-refractivity contribution is 6.01. The summed E-state index contributed by atoms with van der Waals surface area (Å²) in [7, 11) is 0. The van der Waals surface area contributed by atoms with E-state index in [2.05, 4.69) is 10.5 Å². The number of hydrazone groups is 1. The Morgan fingerprint density at radius 3 is 2.44 bits per heavy atom. The highest BCUT2D eigenvalue weighted by Crippen LogP contribution is 2.35. The molecule has 0 saturated heterocycles. The Morgan fingerprint density at radius 2 is 1.88 bits per heavy atom. The highest BCUT2D eigenvalue weighted by atomic mass is 19.4. The Hall–Kier alpha value is -2.90. The van der Waals surface area contributed by atoms with Gasteiger partial charge in [0, 0.05) is 6.07 Å². The largest absolute Gasteiger partial charge is 0.416 e. The van der Waals surface area contributed by atoms with E-state index in [0.29, 0.717) is 18.2 Å². The van der Waals surface area contributed by atoms with Crippen molar-refractivity contribution < 1.29 is 18.1 Å². The van der Waals surface area contributed by atoms with E-state index >= 15 is 0 Å². The van der Waals surface area contributed by atoms with E-state index in [1.165, 1.54) is 0 Å². The maximum atomic E-state index is 12.7. The van der Waals surface area contributed by atoms with E-state index in [4.69, 9.17) is 0 Å². The van der Waals surface area contributed by atoms with Gasteiger partial charge in [-0.05, 0) is 24.1 Å². The molecule has 0 aliphatic rings. The van der Waals surface area contributed by atoms with Gasteiger partial charge in [0.15, 0.2) is 0 Å². The van der Waals surface area contributed by atoms with Crippen molar-refractivity contribution in [3.05, 3.63) is 69.8 Å². The monoisotopic (exact) mass is 351 g/mol. The van der Waals surface area contributed by atoms with Gasteiger partial charge in [-0.2, -0.15) is 18.3 Å². The highest BCUT2D eigenvalue weighted by Gasteiger charge is 2.33. The zero-order valence-electron chi connectivity index (χ0n) is 13.4. The molecule has 2 aromatic rings. The number of rotatable bonds is 6. The number of benzene rings is 2. The molecule has 0 aliphatic carbocycles. The molecular weight excluding hydrogens is 335 g/mol. The number of alkyl halides is 3. The molecule has 0 fully saturated rings. The fourth-order valence-electron chi connectivity index (χ4n) is 2.21. The van der Waals surface area contributed by atoms with E-state index in [0.717, 1.165) is 24.1 Å². The summed E-state index contributed by atoms with van der Waals surface area (Å²) in [6.07, 6.45) is -3.24. The van der Waals surface area contributed by atoms with Crippen molar-refractivity contribution in [2.24, 2.45) is 5.10 Å². The molecule has 0 bridgehead atoms. The third-order valence-electron chi connectivity index (χ3n) is 3.43. The average Bonchev–Trinajstić information content (AvgIpc) is 2.58. The van der Waals surface area contributed by atoms with Gasteiger partial charge in [-0.1, -0.05) is 43.7 Å². The standard InChI is InChI=1S/C17H16F3N3O2/c1-2-6-14(12-7-4-3-5-8-12)21-22-15-10-9-13(17(18,19)20)11-16(15)23(24)25/h3-5,7-11,22H,2,6H2,1H3/b21-14-. The van der Waals surface area contributed by atoms with Crippen LogP contribution in [0.4, 0.5) is 24.5 Å². The summed E-state index contributed by atoms with van der Waals surface area (Å²) in [6, 6.07) is 11.5. The molecule has 0 aromatic heterocycles. The normalized spacial score (nSPS) is 12.1. The lowest BCUT2D eigenvalue weighted by atomic mass is 10.1. The zero-order chi connectivity index (χ0) is 18.4. The fraction of sp³-hybridized carbons (Fsp3) is 0.235. The Balaban J connectivity index is 2.36. The third-order valence-corrected chi connectivity index (χ3v) is 3.43. The minimum absolute atomic E-state index is 0.0949. The first-order valence-corrected chi connectivity index (χ1v) is 7.56. The summed E-state index contributed by atoms with van der Waals surface area (Å²) in [5.74, 6) is 0. The van der Waals surface area contributed by atoms with E-state index < -0.39 is 22.4 Å². The molecule has 0 spiro atoms. The summed E-state index contributed by atoms with van der Waals surface area (Å²) in [5.41, 5.74) is 2.19. The van der Waals surface area contributed by atoms with Crippen LogP contribution in [-0.2, 0) is 6.18 Å². The number of nitro groups is 1. The van der Waals surface area contributed by atoms with Crippen LogP contribution in [-0.4, -0.2) is 10.6 Å². The summed E-state index contributed by atoms with van der Waals surface area (Å²) in [5, 5.41) is 15.3. The van der Waals surface area contributed by atoms with Crippen LogP contribution >= 0.6 is 0 Å². The van der Waals surface area contributed by atoms with Crippen LogP contribution in [0.3, 0.4) is 0 Å². The molecule has 0 saturated carbocycles. The predicted octanol–water partition coefficient (Wildman–Crippen LogP) is 5.23. The maximum Gasteiger partial charge on any atom is 0.416 e. The van der Waals surface area contributed by atoms with Gasteiger partial charge >= 0.3 is 6.18 Å². The first kappa shape index (κ1) is 18.4. The number of hydrogen-bond donors (Lipinski definition) is 1. The first-order chi connectivity index (χ1) is 11.8. The Bertz CT molecular complexity index is 774. The van der Waals surface area contributed by atoms with Gasteiger partial charge in [0.2, 0.25) is 0 Å². The smallest absolute Gasteiger partial charge is 0.271 e. The van der Waals surface area contributed by atoms with E-state index in [1.807, 2.05) is 37.3 Å². The zero-order valence-corrected chi connectivity index (χ0v) is 13.4. The predicted molar refractivity (Wildman–Crippen MR) is 89.6 cm³/mol. The maximum absolute atomic E-state index is 12.7. The second-order valence-corrected chi connectivity index (χ2v) is 5.27. The van der Waals surface area contributed by atoms with Crippen molar-refractivity contribution in [3.8, 4) is 0 Å². The summed E-state index contributed by atoms with van der Waals surface area (Å²) >= 11 is 0. The van der Waals surface area contributed by atoms with Gasteiger partial charge < -0.3 is 0 Å². The lowest BCUT2D eigenvalue weighted by molar-refractivity contribution is -0.384. The number of nitrogens with one attached hydrogen (secondary N) is 1. The number of anilines is 1. The molecule has 8 heteroatoms. The molecule has 5 nitrogen and oxygen atoms in total. The van der Waals surface area contributed by atoms with Crippen LogP contribution in [0.15, 0.2) is 53.6 Å². The molecule has 0 radical (unpaired) electrons. The van der Waals surface area contributed by atoms with Gasteiger partial charge in [-0.15, -0.1) is 0 Å². The van der Waals surface area contributed by atoms with Gasteiger partial charge in [-0.3, -0.25) is 15.5 Å². The molecule has 2 aromatic carbocycles. The van der Waals surface area contributed by atoms with Crippen LogP contribution in [0.2, 0.25) is 0 Å². The van der Waals surface area contributed by atoms with Crippen LogP contribution in [0, 0.1) is 10.1 Å². The van der Waals surface area contributed by atoms with Crippen molar-refractivity contribution >= 4 is 17.1 Å². The number of hydrogen-bond acceptors (Lipinski definition) is 4. The van der Waals surface area contributed by atoms with E-state index in [-0.39, 0.29) is 5.69 Å². The van der Waals surface area contributed by atoms with Crippen molar-refractivity contribution in [2.75, 3.05) is 5.43 Å². The van der Waals surface area contributed by atoms with E-state index in [1.54, 1.807) is 0 Å². The van der Waals surface area contributed by atoms with Crippen molar-refractivity contribution in [1.29, 1.82) is 0 Å². The van der Waals surface area contributed by atoms with Crippen LogP contribution < -0.4 is 5.43 Å². The van der Waals surface area contributed by atoms with Gasteiger partial charge in [0.05, 0.1) is 16.2 Å². The Kier molecular flexibility index (Phi) is 5.74. The summed E-state index contributed by atoms with van der Waals surface area (Å²) in [6.45, 7) is 1.96. The minimum Gasteiger partial charge on any atom is -0.271 e. The number of nitro benzene ring substituents is 1. The molecule has 0 unspecified atom stereocenters. The third kappa shape index (κ3) is 4.79. The fourth-order valence-corrected chi connectivity index (χ4v) is 2.21. The van der Waals surface area contributed by atoms with Gasteiger partial charge in [0.25, 0.3) is 5.69 Å². The van der Waals surface area contributed by atoms with Crippen LogP contribution in [0.1, 0.15) is 30.9 Å². The second kappa shape index (κ2) is 7.78. The van der Waals surface area contributed by atoms with Crippen molar-refractivity contribution in [1.82, 2.24) is 0 Å². The summed E-state index contributed by atoms with van der Waals surface area (Å²) in [4.78, 5) is 10.2. The average molecular weight is 351 g/mol. The van der Waals surface area contributed by atoms with Crippen LogP contribution in [0.5, 0.6) is 0 Å². The number of halogens is 3. The number of nitrogens with zero attached hydrogens (tertiary/aromatic N) is 2. The topological polar surface area (TPSA) is 67.5 Å². The quantitative estimate of drug-likeness (QED) is 0.440. The van der Waals surface area contributed by atoms with E-state index in [9.17, 15) is 23.3 Å². The molecule has 1 N–H and O–H groups in total.